The van der Waals surface area contributed by atoms with E-state index in [-0.39, 0.29) is 0 Å². The van der Waals surface area contributed by atoms with Crippen LogP contribution in [-0.4, -0.2) is 0 Å². The van der Waals surface area contributed by atoms with Gasteiger partial charge in [-0.1, -0.05) is 115 Å². The van der Waals surface area contributed by atoms with E-state index in [1.165, 1.54) is 73.4 Å². The van der Waals surface area contributed by atoms with Gasteiger partial charge in [0, 0.05) is 57.4 Å². The Hall–Kier alpha value is -5.74. The maximum atomic E-state index is 2.41. The van der Waals surface area contributed by atoms with Gasteiger partial charge in [-0.05, 0) is 93.7 Å². The molecule has 2 aromatic heterocycles. The summed E-state index contributed by atoms with van der Waals surface area (Å²) in [6, 6.07) is 64.5. The van der Waals surface area contributed by atoms with Crippen molar-refractivity contribution >= 4 is 90.9 Å². The number of thiophene rings is 2. The van der Waals surface area contributed by atoms with Crippen molar-refractivity contribution in [1.29, 1.82) is 0 Å². The third-order valence-electron chi connectivity index (χ3n) is 9.66. The molecule has 0 saturated heterocycles. The molecular formula is C46H29NS2. The van der Waals surface area contributed by atoms with E-state index >= 15 is 0 Å². The lowest BCUT2D eigenvalue weighted by Crippen LogP contribution is -2.09. The van der Waals surface area contributed by atoms with Gasteiger partial charge in [-0.15, -0.1) is 22.7 Å². The number of benzene rings is 8. The average molecular weight is 660 g/mol. The largest absolute Gasteiger partial charge is 0.310 e. The second kappa shape index (κ2) is 11.5. The minimum atomic E-state index is 1.13. The van der Waals surface area contributed by atoms with Crippen molar-refractivity contribution in [3.8, 4) is 22.3 Å². The summed E-state index contributed by atoms with van der Waals surface area (Å²) in [4.78, 5) is 2.41. The van der Waals surface area contributed by atoms with Crippen LogP contribution in [0.2, 0.25) is 0 Å². The van der Waals surface area contributed by atoms with Crippen molar-refractivity contribution in [1.82, 2.24) is 0 Å². The molecular weight excluding hydrogens is 631 g/mol. The molecule has 0 fully saturated rings. The van der Waals surface area contributed by atoms with Crippen molar-refractivity contribution in [3.05, 3.63) is 176 Å². The molecule has 0 aliphatic rings. The number of hydrogen-bond acceptors (Lipinski definition) is 3. The molecule has 230 valence electrons. The Morgan fingerprint density at radius 1 is 0.306 bits per heavy atom. The predicted octanol–water partition coefficient (Wildman–Crippen LogP) is 14.4. The summed E-state index contributed by atoms with van der Waals surface area (Å²) in [5, 5.41) is 7.78. The Kier molecular flexibility index (Phi) is 6.61. The normalized spacial score (nSPS) is 11.7. The molecule has 10 rings (SSSR count). The molecule has 0 saturated carbocycles. The molecule has 0 aliphatic carbocycles. The molecule has 10 aromatic rings. The molecule has 0 atom stereocenters. The number of anilines is 3. The van der Waals surface area contributed by atoms with Crippen LogP contribution in [-0.2, 0) is 0 Å². The molecule has 2 heterocycles. The predicted molar refractivity (Wildman–Crippen MR) is 215 cm³/mol. The summed E-state index contributed by atoms with van der Waals surface area (Å²) in [7, 11) is 0. The summed E-state index contributed by atoms with van der Waals surface area (Å²) >= 11 is 3.72. The maximum absolute atomic E-state index is 2.41. The van der Waals surface area contributed by atoms with E-state index in [4.69, 9.17) is 0 Å². The molecule has 0 spiro atoms. The zero-order chi connectivity index (χ0) is 32.3. The van der Waals surface area contributed by atoms with E-state index in [9.17, 15) is 0 Å². The summed E-state index contributed by atoms with van der Waals surface area (Å²) in [6.45, 7) is 0. The third kappa shape index (κ3) is 4.82. The monoisotopic (exact) mass is 659 g/mol. The number of rotatable bonds is 5. The van der Waals surface area contributed by atoms with E-state index in [0.29, 0.717) is 0 Å². The minimum Gasteiger partial charge on any atom is -0.310 e. The Balaban J connectivity index is 1.09. The quantitative estimate of drug-likeness (QED) is 0.178. The zero-order valence-electron chi connectivity index (χ0n) is 26.5. The van der Waals surface area contributed by atoms with E-state index < -0.39 is 0 Å². The minimum absolute atomic E-state index is 1.13. The number of nitrogens with zero attached hydrogens (tertiary/aromatic N) is 1. The second-order valence-electron chi connectivity index (χ2n) is 12.5. The van der Waals surface area contributed by atoms with Crippen LogP contribution in [0, 0.1) is 0 Å². The van der Waals surface area contributed by atoms with Crippen molar-refractivity contribution in [2.45, 2.75) is 0 Å². The first-order valence-electron chi connectivity index (χ1n) is 16.6. The van der Waals surface area contributed by atoms with E-state index in [2.05, 4.69) is 181 Å². The van der Waals surface area contributed by atoms with Gasteiger partial charge in [0.25, 0.3) is 0 Å². The summed E-state index contributed by atoms with van der Waals surface area (Å²) in [5.74, 6) is 0. The maximum Gasteiger partial charge on any atom is 0.0476 e. The van der Waals surface area contributed by atoms with Crippen LogP contribution < -0.4 is 4.90 Å². The molecule has 0 N–H and O–H groups in total. The lowest BCUT2D eigenvalue weighted by atomic mass is 9.95. The molecule has 8 aromatic carbocycles. The van der Waals surface area contributed by atoms with E-state index in [1.54, 1.807) is 0 Å². The summed E-state index contributed by atoms with van der Waals surface area (Å²) < 4.78 is 5.25. The molecule has 0 radical (unpaired) electrons. The number of fused-ring (bicyclic) bond motifs is 7. The molecule has 49 heavy (non-hydrogen) atoms. The van der Waals surface area contributed by atoms with Crippen molar-refractivity contribution < 1.29 is 0 Å². The average Bonchev–Trinajstić information content (AvgIpc) is 3.73. The Labute approximate surface area is 292 Å². The highest BCUT2D eigenvalue weighted by molar-refractivity contribution is 7.26. The number of hydrogen-bond donors (Lipinski definition) is 0. The van der Waals surface area contributed by atoms with Crippen molar-refractivity contribution in [2.75, 3.05) is 4.90 Å². The smallest absolute Gasteiger partial charge is 0.0476 e. The van der Waals surface area contributed by atoms with Gasteiger partial charge in [-0.2, -0.15) is 0 Å². The van der Waals surface area contributed by atoms with Crippen LogP contribution in [0.15, 0.2) is 176 Å². The van der Waals surface area contributed by atoms with Gasteiger partial charge in [-0.25, -0.2) is 0 Å². The van der Waals surface area contributed by atoms with Crippen LogP contribution >= 0.6 is 22.7 Å². The van der Waals surface area contributed by atoms with Gasteiger partial charge >= 0.3 is 0 Å². The van der Waals surface area contributed by atoms with Gasteiger partial charge in [0.1, 0.15) is 0 Å². The van der Waals surface area contributed by atoms with Crippen molar-refractivity contribution in [3.63, 3.8) is 0 Å². The van der Waals surface area contributed by atoms with Gasteiger partial charge in [0.05, 0.1) is 0 Å². The first-order valence-corrected chi connectivity index (χ1v) is 18.2. The Bertz CT molecular complexity index is 2830. The fourth-order valence-corrected chi connectivity index (χ4v) is 9.53. The van der Waals surface area contributed by atoms with Crippen molar-refractivity contribution in [2.24, 2.45) is 0 Å². The van der Waals surface area contributed by atoms with Crippen LogP contribution in [0.1, 0.15) is 0 Å². The molecule has 3 heteroatoms. The van der Waals surface area contributed by atoms with Gasteiger partial charge in [0.15, 0.2) is 0 Å². The summed E-state index contributed by atoms with van der Waals surface area (Å²) in [6.07, 6.45) is 0. The molecule has 0 aliphatic heterocycles. The molecule has 1 nitrogen and oxygen atoms in total. The Morgan fingerprint density at radius 2 is 0.878 bits per heavy atom. The topological polar surface area (TPSA) is 3.24 Å². The van der Waals surface area contributed by atoms with Crippen LogP contribution in [0.5, 0.6) is 0 Å². The lowest BCUT2D eigenvalue weighted by molar-refractivity contribution is 1.30. The third-order valence-corrected chi connectivity index (χ3v) is 11.9. The van der Waals surface area contributed by atoms with Gasteiger partial charge in [-0.3, -0.25) is 0 Å². The first-order chi connectivity index (χ1) is 24.3. The SMILES string of the molecule is c1cc(-c2ccc(N(c3ccc4c(c3)sc3ccccc34)c3ccc4sc5ccccc5c4c3)cc2)cc(-c2cccc3ccccc23)c1. The van der Waals surface area contributed by atoms with Crippen LogP contribution in [0.3, 0.4) is 0 Å². The highest BCUT2D eigenvalue weighted by atomic mass is 32.1. The highest BCUT2D eigenvalue weighted by Gasteiger charge is 2.17. The van der Waals surface area contributed by atoms with Gasteiger partial charge < -0.3 is 4.90 Å². The standard InChI is InChI=1S/C46H29NS2/c1-2-13-37-31(9-1)10-8-16-38(37)33-12-7-11-32(27-33)30-19-21-34(22-20-30)47(35-24-26-45-42(28-35)40-15-4-6-18-44(40)48-45)36-23-25-41-39-14-3-5-17-43(39)49-46(41)29-36/h1-29H. The Morgan fingerprint density at radius 3 is 1.71 bits per heavy atom. The molecule has 0 unspecified atom stereocenters. The van der Waals surface area contributed by atoms with E-state index in [1.807, 2.05) is 22.7 Å². The molecule has 0 bridgehead atoms. The lowest BCUT2D eigenvalue weighted by Gasteiger charge is -2.26. The van der Waals surface area contributed by atoms with E-state index in [0.717, 1.165) is 17.1 Å². The molecule has 0 amide bonds. The van der Waals surface area contributed by atoms with Gasteiger partial charge in [0.2, 0.25) is 0 Å². The fraction of sp³-hybridized carbons (Fsp3) is 0. The summed E-state index contributed by atoms with van der Waals surface area (Å²) in [5.41, 5.74) is 8.34. The second-order valence-corrected chi connectivity index (χ2v) is 14.7. The first kappa shape index (κ1) is 28.3. The fourth-order valence-electron chi connectivity index (χ4n) is 7.30. The highest BCUT2D eigenvalue weighted by Crippen LogP contribution is 2.43. The van der Waals surface area contributed by atoms with Crippen LogP contribution in [0.25, 0.3) is 73.4 Å². The zero-order valence-corrected chi connectivity index (χ0v) is 28.1. The van der Waals surface area contributed by atoms with Crippen LogP contribution in [0.4, 0.5) is 17.1 Å².